The van der Waals surface area contributed by atoms with Crippen LogP contribution in [-0.4, -0.2) is 50.8 Å². The molecule has 1 saturated carbocycles. The Morgan fingerprint density at radius 3 is 2.59 bits per heavy atom. The number of likely N-dealkylation sites (N-methyl/N-ethyl adjacent to an activating group) is 1. The molecule has 1 aliphatic carbocycles. The highest BCUT2D eigenvalue weighted by molar-refractivity contribution is 4.73. The molecule has 17 heavy (non-hydrogen) atoms. The maximum Gasteiger partial charge on any atom is 0.0826 e. The van der Waals surface area contributed by atoms with E-state index in [0.717, 1.165) is 32.2 Å². The highest BCUT2D eigenvalue weighted by Crippen LogP contribution is 2.22. The van der Waals surface area contributed by atoms with E-state index in [2.05, 4.69) is 17.3 Å². The van der Waals surface area contributed by atoms with E-state index in [1.54, 1.807) is 0 Å². The fourth-order valence-corrected chi connectivity index (χ4v) is 3.01. The van der Waals surface area contributed by atoms with Crippen LogP contribution in [0.5, 0.6) is 0 Å². The second-order valence-corrected chi connectivity index (χ2v) is 5.77. The Kier molecular flexibility index (Phi) is 5.75. The lowest BCUT2D eigenvalue weighted by Crippen LogP contribution is -2.45. The van der Waals surface area contributed by atoms with E-state index in [1.807, 2.05) is 0 Å². The largest absolute Gasteiger partial charge is 0.374 e. The van der Waals surface area contributed by atoms with Crippen LogP contribution < -0.4 is 5.32 Å². The van der Waals surface area contributed by atoms with Crippen LogP contribution >= 0.6 is 0 Å². The summed E-state index contributed by atoms with van der Waals surface area (Å²) in [6.07, 6.45) is 9.04. The van der Waals surface area contributed by atoms with E-state index in [4.69, 9.17) is 4.74 Å². The van der Waals surface area contributed by atoms with Crippen molar-refractivity contribution in [2.24, 2.45) is 5.92 Å². The summed E-state index contributed by atoms with van der Waals surface area (Å²) in [6.45, 7) is 5.29. The second kappa shape index (κ2) is 7.34. The number of nitrogens with one attached hydrogen (secondary N) is 1. The van der Waals surface area contributed by atoms with Gasteiger partial charge in [-0.2, -0.15) is 0 Å². The molecule has 3 nitrogen and oxygen atoms in total. The van der Waals surface area contributed by atoms with Crippen LogP contribution in [0.25, 0.3) is 0 Å². The van der Waals surface area contributed by atoms with Crippen LogP contribution in [0.4, 0.5) is 0 Å². The summed E-state index contributed by atoms with van der Waals surface area (Å²) in [7, 11) is 2.18. The van der Waals surface area contributed by atoms with Gasteiger partial charge in [-0.1, -0.05) is 25.7 Å². The topological polar surface area (TPSA) is 24.5 Å². The average Bonchev–Trinajstić information content (AvgIpc) is 2.58. The van der Waals surface area contributed by atoms with E-state index in [-0.39, 0.29) is 0 Å². The molecule has 0 spiro atoms. The first kappa shape index (κ1) is 13.3. The van der Waals surface area contributed by atoms with Crippen molar-refractivity contribution in [1.29, 1.82) is 0 Å². The van der Waals surface area contributed by atoms with Gasteiger partial charge in [0.05, 0.1) is 12.7 Å². The normalized spacial score (nSPS) is 29.1. The second-order valence-electron chi connectivity index (χ2n) is 5.77. The third kappa shape index (κ3) is 4.94. The zero-order valence-corrected chi connectivity index (χ0v) is 11.3. The van der Waals surface area contributed by atoms with Gasteiger partial charge in [0.25, 0.3) is 0 Å². The third-order valence-electron chi connectivity index (χ3n) is 4.12. The van der Waals surface area contributed by atoms with Crippen LogP contribution in [-0.2, 0) is 4.74 Å². The number of hydrogen-bond acceptors (Lipinski definition) is 3. The molecular formula is C14H28N2O. The molecule has 1 heterocycles. The molecule has 1 saturated heterocycles. The number of morpholine rings is 1. The molecule has 100 valence electrons. The molecular weight excluding hydrogens is 212 g/mol. The van der Waals surface area contributed by atoms with Crippen LogP contribution in [0.3, 0.4) is 0 Å². The maximum atomic E-state index is 5.76. The summed E-state index contributed by atoms with van der Waals surface area (Å²) in [5.41, 5.74) is 0. The summed E-state index contributed by atoms with van der Waals surface area (Å²) >= 11 is 0. The van der Waals surface area contributed by atoms with Crippen LogP contribution in [0.1, 0.15) is 38.5 Å². The monoisotopic (exact) mass is 240 g/mol. The van der Waals surface area contributed by atoms with Crippen molar-refractivity contribution in [1.82, 2.24) is 10.2 Å². The Hall–Kier alpha value is -0.120. The minimum Gasteiger partial charge on any atom is -0.374 e. The Balaban J connectivity index is 1.58. The lowest BCUT2D eigenvalue weighted by molar-refractivity contribution is -0.0184. The number of ether oxygens (including phenoxy) is 1. The predicted octanol–water partition coefficient (Wildman–Crippen LogP) is 1.88. The van der Waals surface area contributed by atoms with Gasteiger partial charge in [0, 0.05) is 19.6 Å². The average molecular weight is 240 g/mol. The molecule has 0 radical (unpaired) electrons. The van der Waals surface area contributed by atoms with Gasteiger partial charge in [-0.05, 0) is 32.4 Å². The fraction of sp³-hybridized carbons (Fsp3) is 1.00. The van der Waals surface area contributed by atoms with E-state index < -0.39 is 0 Å². The highest BCUT2D eigenvalue weighted by atomic mass is 16.5. The zero-order valence-electron chi connectivity index (χ0n) is 11.3. The minimum atomic E-state index is 0.402. The van der Waals surface area contributed by atoms with Gasteiger partial charge in [-0.15, -0.1) is 0 Å². The van der Waals surface area contributed by atoms with Crippen molar-refractivity contribution in [2.75, 3.05) is 39.8 Å². The van der Waals surface area contributed by atoms with Crippen molar-refractivity contribution in [3.63, 3.8) is 0 Å². The summed E-state index contributed by atoms with van der Waals surface area (Å²) in [6, 6.07) is 0. The Labute approximate surface area is 106 Å². The van der Waals surface area contributed by atoms with Crippen molar-refractivity contribution in [2.45, 2.75) is 44.6 Å². The number of hydrogen-bond donors (Lipinski definition) is 1. The summed E-state index contributed by atoms with van der Waals surface area (Å²) in [5, 5.41) is 3.62. The number of rotatable bonds is 4. The molecule has 3 heteroatoms. The van der Waals surface area contributed by atoms with Gasteiger partial charge in [0.15, 0.2) is 0 Å². The number of nitrogens with zero attached hydrogens (tertiary/aromatic N) is 1. The van der Waals surface area contributed by atoms with E-state index in [1.165, 1.54) is 45.1 Å². The van der Waals surface area contributed by atoms with Gasteiger partial charge in [-0.3, -0.25) is 0 Å². The summed E-state index contributed by atoms with van der Waals surface area (Å²) < 4.78 is 5.76. The lowest BCUT2D eigenvalue weighted by Gasteiger charge is -2.30. The van der Waals surface area contributed by atoms with Gasteiger partial charge in [-0.25, -0.2) is 0 Å². The smallest absolute Gasteiger partial charge is 0.0826 e. The first-order valence-corrected chi connectivity index (χ1v) is 7.35. The van der Waals surface area contributed by atoms with Gasteiger partial charge in [0.2, 0.25) is 0 Å². The summed E-state index contributed by atoms with van der Waals surface area (Å²) in [4.78, 5) is 2.36. The molecule has 2 fully saturated rings. The van der Waals surface area contributed by atoms with Gasteiger partial charge >= 0.3 is 0 Å². The highest BCUT2D eigenvalue weighted by Gasteiger charge is 2.18. The minimum absolute atomic E-state index is 0.402. The van der Waals surface area contributed by atoms with Crippen molar-refractivity contribution in [3.8, 4) is 0 Å². The molecule has 1 atom stereocenters. The van der Waals surface area contributed by atoms with Crippen LogP contribution in [0.2, 0.25) is 0 Å². The molecule has 1 unspecified atom stereocenters. The fourth-order valence-electron chi connectivity index (χ4n) is 3.01. The first-order chi connectivity index (χ1) is 8.34. The third-order valence-corrected chi connectivity index (χ3v) is 4.12. The zero-order chi connectivity index (χ0) is 11.9. The SMILES string of the molecule is CN1CCOC(CNCC2CCCCCC2)C1. The van der Waals surface area contributed by atoms with Crippen LogP contribution in [0, 0.1) is 5.92 Å². The molecule has 0 aromatic carbocycles. The predicted molar refractivity (Wildman–Crippen MR) is 71.3 cm³/mol. The van der Waals surface area contributed by atoms with Crippen LogP contribution in [0.15, 0.2) is 0 Å². The molecule has 1 N–H and O–H groups in total. The Bertz CT molecular complexity index is 200. The quantitative estimate of drug-likeness (QED) is 0.759. The van der Waals surface area contributed by atoms with Crippen molar-refractivity contribution < 1.29 is 4.74 Å². The maximum absolute atomic E-state index is 5.76. The van der Waals surface area contributed by atoms with Gasteiger partial charge < -0.3 is 15.0 Å². The standard InChI is InChI=1S/C14H28N2O/c1-16-8-9-17-14(12-16)11-15-10-13-6-4-2-3-5-7-13/h13-15H,2-12H2,1H3. The van der Waals surface area contributed by atoms with Gasteiger partial charge in [0.1, 0.15) is 0 Å². The van der Waals surface area contributed by atoms with E-state index >= 15 is 0 Å². The Morgan fingerprint density at radius 2 is 1.88 bits per heavy atom. The van der Waals surface area contributed by atoms with Crippen molar-refractivity contribution in [3.05, 3.63) is 0 Å². The molecule has 0 amide bonds. The lowest BCUT2D eigenvalue weighted by atomic mass is 10.0. The van der Waals surface area contributed by atoms with Crippen molar-refractivity contribution >= 4 is 0 Å². The van der Waals surface area contributed by atoms with E-state index in [9.17, 15) is 0 Å². The molecule has 2 aliphatic rings. The molecule has 0 aromatic heterocycles. The molecule has 2 rings (SSSR count). The summed E-state index contributed by atoms with van der Waals surface area (Å²) in [5.74, 6) is 0.916. The Morgan fingerprint density at radius 1 is 1.12 bits per heavy atom. The first-order valence-electron chi connectivity index (χ1n) is 7.35. The molecule has 0 bridgehead atoms. The molecule has 1 aliphatic heterocycles. The van der Waals surface area contributed by atoms with E-state index in [0.29, 0.717) is 6.10 Å². The molecule has 0 aromatic rings.